The van der Waals surface area contributed by atoms with E-state index in [9.17, 15) is 4.79 Å². The van der Waals surface area contributed by atoms with Gasteiger partial charge in [-0.05, 0) is 55.5 Å². The summed E-state index contributed by atoms with van der Waals surface area (Å²) < 4.78 is 2.34. The van der Waals surface area contributed by atoms with E-state index in [0.29, 0.717) is 11.0 Å². The minimum atomic E-state index is -0.0777. The molecule has 0 aliphatic carbocycles. The monoisotopic (exact) mass is 374 g/mol. The minimum absolute atomic E-state index is 0.0777. The molecule has 1 unspecified atom stereocenters. The van der Waals surface area contributed by atoms with Gasteiger partial charge in [0.05, 0.1) is 18.4 Å². The average Bonchev–Trinajstić information content (AvgIpc) is 2.86. The zero-order valence-electron chi connectivity index (χ0n) is 12.9. The minimum Gasteiger partial charge on any atom is -0.381 e. The number of hydrogen-bond acceptors (Lipinski definition) is 5. The fraction of sp³-hybridized carbons (Fsp3) is 0.714. The highest BCUT2D eigenvalue weighted by atomic mass is 79.9. The Bertz CT molecular complexity index is 540. The lowest BCUT2D eigenvalue weighted by molar-refractivity contribution is 0.367. The number of thioether (sulfide) groups is 1. The Hall–Kier alpha value is -0.530. The van der Waals surface area contributed by atoms with Gasteiger partial charge in [-0.2, -0.15) is 16.9 Å². The van der Waals surface area contributed by atoms with Crippen molar-refractivity contribution in [1.29, 1.82) is 0 Å². The fourth-order valence-electron chi connectivity index (χ4n) is 2.30. The Morgan fingerprint density at radius 3 is 2.95 bits per heavy atom. The largest absolute Gasteiger partial charge is 0.381 e. The van der Waals surface area contributed by atoms with Crippen molar-refractivity contribution in [2.24, 2.45) is 0 Å². The fourth-order valence-corrected chi connectivity index (χ4v) is 3.99. The lowest BCUT2D eigenvalue weighted by Gasteiger charge is -2.23. The molecule has 1 atom stereocenters. The second kappa shape index (κ2) is 7.15. The molecule has 0 amide bonds. The first-order chi connectivity index (χ1) is 9.91. The standard InChI is InChI=1S/C14H23BrN4OS/c1-14(5-4-8-21-14)10-16-11-9-17-19(7-6-18(2)3)13(20)12(11)15/h9,16H,4-8,10H2,1-3H3. The molecule has 1 saturated heterocycles. The van der Waals surface area contributed by atoms with E-state index in [2.05, 4.69) is 33.3 Å². The van der Waals surface area contributed by atoms with Crippen LogP contribution in [0.25, 0.3) is 0 Å². The lowest BCUT2D eigenvalue weighted by Crippen LogP contribution is -2.31. The Morgan fingerprint density at radius 2 is 2.33 bits per heavy atom. The van der Waals surface area contributed by atoms with Crippen LogP contribution < -0.4 is 10.9 Å². The highest BCUT2D eigenvalue weighted by molar-refractivity contribution is 9.10. The Kier molecular flexibility index (Phi) is 5.73. The Morgan fingerprint density at radius 1 is 1.57 bits per heavy atom. The van der Waals surface area contributed by atoms with Crippen LogP contribution in [0.2, 0.25) is 0 Å². The topological polar surface area (TPSA) is 50.2 Å². The predicted molar refractivity (Wildman–Crippen MR) is 93.3 cm³/mol. The van der Waals surface area contributed by atoms with Gasteiger partial charge in [0.1, 0.15) is 4.47 Å². The van der Waals surface area contributed by atoms with Gasteiger partial charge in [-0.15, -0.1) is 0 Å². The molecule has 0 saturated carbocycles. The smallest absolute Gasteiger partial charge is 0.283 e. The number of nitrogens with one attached hydrogen (secondary N) is 1. The van der Waals surface area contributed by atoms with Gasteiger partial charge in [-0.3, -0.25) is 4.79 Å². The van der Waals surface area contributed by atoms with Gasteiger partial charge in [0.15, 0.2) is 0 Å². The molecule has 2 rings (SSSR count). The van der Waals surface area contributed by atoms with Crippen molar-refractivity contribution in [1.82, 2.24) is 14.7 Å². The summed E-state index contributed by atoms with van der Waals surface area (Å²) in [4.78, 5) is 14.3. The van der Waals surface area contributed by atoms with E-state index in [1.807, 2.05) is 30.8 Å². The molecule has 1 aliphatic heterocycles. The van der Waals surface area contributed by atoms with Crippen molar-refractivity contribution in [3.05, 3.63) is 21.0 Å². The molecule has 0 aromatic carbocycles. The van der Waals surface area contributed by atoms with Gasteiger partial charge in [-0.1, -0.05) is 0 Å². The lowest BCUT2D eigenvalue weighted by atomic mass is 10.1. The van der Waals surface area contributed by atoms with Crippen LogP contribution in [0.5, 0.6) is 0 Å². The Labute approximate surface area is 138 Å². The van der Waals surface area contributed by atoms with Crippen LogP contribution in [0, 0.1) is 0 Å². The number of rotatable bonds is 6. The maximum Gasteiger partial charge on any atom is 0.283 e. The molecule has 1 aliphatic rings. The number of aromatic nitrogens is 2. The third-order valence-electron chi connectivity index (χ3n) is 3.70. The highest BCUT2D eigenvalue weighted by Crippen LogP contribution is 2.37. The average molecular weight is 375 g/mol. The molecule has 0 spiro atoms. The molecule has 1 N–H and O–H groups in total. The summed E-state index contributed by atoms with van der Waals surface area (Å²) in [6, 6.07) is 0. The highest BCUT2D eigenvalue weighted by Gasteiger charge is 2.29. The van der Waals surface area contributed by atoms with E-state index in [0.717, 1.165) is 18.8 Å². The van der Waals surface area contributed by atoms with Crippen LogP contribution >= 0.6 is 27.7 Å². The van der Waals surface area contributed by atoms with Crippen LogP contribution in [0.3, 0.4) is 0 Å². The summed E-state index contributed by atoms with van der Waals surface area (Å²) >= 11 is 5.41. The van der Waals surface area contributed by atoms with Crippen molar-refractivity contribution in [3.8, 4) is 0 Å². The van der Waals surface area contributed by atoms with Crippen molar-refractivity contribution >= 4 is 33.4 Å². The number of nitrogens with zero attached hydrogens (tertiary/aromatic N) is 3. The molecule has 0 radical (unpaired) electrons. The van der Waals surface area contributed by atoms with E-state index < -0.39 is 0 Å². The Balaban J connectivity index is 2.04. The zero-order chi connectivity index (χ0) is 15.5. The molecule has 0 bridgehead atoms. The molecular formula is C14H23BrN4OS. The summed E-state index contributed by atoms with van der Waals surface area (Å²) in [5.74, 6) is 1.23. The van der Waals surface area contributed by atoms with Crippen molar-refractivity contribution in [2.75, 3.05) is 38.3 Å². The number of anilines is 1. The van der Waals surface area contributed by atoms with Crippen molar-refractivity contribution in [2.45, 2.75) is 31.1 Å². The van der Waals surface area contributed by atoms with Gasteiger partial charge >= 0.3 is 0 Å². The summed E-state index contributed by atoms with van der Waals surface area (Å²) in [5.41, 5.74) is 0.709. The second-order valence-electron chi connectivity index (χ2n) is 5.96. The summed E-state index contributed by atoms with van der Waals surface area (Å²) in [7, 11) is 3.96. The number of halogens is 1. The van der Waals surface area contributed by atoms with Gasteiger partial charge in [0, 0.05) is 17.8 Å². The van der Waals surface area contributed by atoms with Crippen molar-refractivity contribution in [3.63, 3.8) is 0 Å². The molecule has 1 aromatic heterocycles. The normalized spacial score (nSPS) is 22.0. The third kappa shape index (κ3) is 4.47. The predicted octanol–water partition coefficient (Wildman–Crippen LogP) is 2.26. The molecule has 1 aromatic rings. The maximum atomic E-state index is 12.3. The van der Waals surface area contributed by atoms with Gasteiger partial charge < -0.3 is 10.2 Å². The van der Waals surface area contributed by atoms with E-state index in [-0.39, 0.29) is 10.3 Å². The van der Waals surface area contributed by atoms with Crippen LogP contribution in [0.4, 0.5) is 5.69 Å². The van der Waals surface area contributed by atoms with Gasteiger partial charge in [0.25, 0.3) is 5.56 Å². The van der Waals surface area contributed by atoms with Gasteiger partial charge in [0.2, 0.25) is 0 Å². The molecule has 118 valence electrons. The van der Waals surface area contributed by atoms with Gasteiger partial charge in [-0.25, -0.2) is 4.68 Å². The summed E-state index contributed by atoms with van der Waals surface area (Å²) in [5, 5.41) is 7.63. The molecular weight excluding hydrogens is 352 g/mol. The molecule has 1 fully saturated rings. The molecule has 21 heavy (non-hydrogen) atoms. The zero-order valence-corrected chi connectivity index (χ0v) is 15.3. The first-order valence-corrected chi connectivity index (χ1v) is 8.97. The van der Waals surface area contributed by atoms with Crippen LogP contribution in [0.15, 0.2) is 15.5 Å². The van der Waals surface area contributed by atoms with E-state index in [1.54, 1.807) is 6.20 Å². The maximum absolute atomic E-state index is 12.3. The quantitative estimate of drug-likeness (QED) is 0.827. The van der Waals surface area contributed by atoms with E-state index in [1.165, 1.54) is 23.3 Å². The first kappa shape index (κ1) is 16.8. The van der Waals surface area contributed by atoms with Crippen LogP contribution in [-0.4, -0.2) is 52.4 Å². The summed E-state index contributed by atoms with van der Waals surface area (Å²) in [6.45, 7) is 4.52. The molecule has 7 heteroatoms. The van der Waals surface area contributed by atoms with Crippen molar-refractivity contribution < 1.29 is 0 Å². The number of hydrogen-bond donors (Lipinski definition) is 1. The van der Waals surface area contributed by atoms with E-state index in [4.69, 9.17) is 0 Å². The third-order valence-corrected chi connectivity index (χ3v) is 6.00. The number of likely N-dealkylation sites (N-methyl/N-ethyl adjacent to an activating group) is 1. The van der Waals surface area contributed by atoms with Crippen LogP contribution in [-0.2, 0) is 6.54 Å². The molecule has 2 heterocycles. The van der Waals surface area contributed by atoms with Crippen LogP contribution in [0.1, 0.15) is 19.8 Å². The van der Waals surface area contributed by atoms with E-state index >= 15 is 0 Å². The summed E-state index contributed by atoms with van der Waals surface area (Å²) in [6.07, 6.45) is 4.23. The first-order valence-electron chi connectivity index (χ1n) is 7.19. The molecule has 5 nitrogen and oxygen atoms in total. The second-order valence-corrected chi connectivity index (χ2v) is 8.43. The SMILES string of the molecule is CN(C)CCn1ncc(NCC2(C)CCCS2)c(Br)c1=O.